The van der Waals surface area contributed by atoms with Crippen LogP contribution in [0.15, 0.2) is 30.3 Å². The van der Waals surface area contributed by atoms with Crippen LogP contribution < -0.4 is 21.7 Å². The number of hydrogen-bond acceptors (Lipinski definition) is 8. The Kier molecular flexibility index (Phi) is 11.3. The quantitative estimate of drug-likeness (QED) is 0.167. The van der Waals surface area contributed by atoms with E-state index in [-0.39, 0.29) is 17.9 Å². The first-order valence-electron chi connectivity index (χ1n) is 8.99. The van der Waals surface area contributed by atoms with E-state index >= 15 is 0 Å². The molecular formula is C18H26N4O6S2. The standard InChI is InChI=1S/C18H26N4O6S2/c19-11(8-29)15(24)21-13(7-23)16(25)22-14(9-30)17(26)20-12(18(27)28)6-10-4-2-1-3-5-10/h1-5,11-14,23,29-30H,6-9,19H2,(H,20,26)(H,21,24)(H,22,25)(H,27,28). The number of nitrogens with one attached hydrogen (secondary N) is 3. The molecule has 0 fully saturated rings. The van der Waals surface area contributed by atoms with Crippen molar-refractivity contribution in [1.29, 1.82) is 0 Å². The van der Waals surface area contributed by atoms with Crippen LogP contribution in [0.1, 0.15) is 5.56 Å². The summed E-state index contributed by atoms with van der Waals surface area (Å²) in [6.07, 6.45) is 0.0477. The lowest BCUT2D eigenvalue weighted by Crippen LogP contribution is -2.58. The van der Waals surface area contributed by atoms with Crippen molar-refractivity contribution in [3.8, 4) is 0 Å². The maximum atomic E-state index is 12.5. The molecule has 4 atom stereocenters. The van der Waals surface area contributed by atoms with Gasteiger partial charge < -0.3 is 31.9 Å². The second kappa shape index (κ2) is 13.1. The molecule has 0 saturated heterocycles. The van der Waals surface area contributed by atoms with E-state index in [0.717, 1.165) is 0 Å². The number of carboxylic acids is 1. The fourth-order valence-electron chi connectivity index (χ4n) is 2.34. The van der Waals surface area contributed by atoms with Crippen LogP contribution in [-0.2, 0) is 25.6 Å². The normalized spacial score (nSPS) is 14.7. The van der Waals surface area contributed by atoms with Gasteiger partial charge in [-0.2, -0.15) is 25.3 Å². The molecular weight excluding hydrogens is 432 g/mol. The lowest BCUT2D eigenvalue weighted by Gasteiger charge is -2.23. The first-order valence-corrected chi connectivity index (χ1v) is 10.3. The number of amides is 3. The zero-order chi connectivity index (χ0) is 22.7. The molecule has 1 aromatic carbocycles. The van der Waals surface area contributed by atoms with Crippen molar-refractivity contribution >= 4 is 48.9 Å². The Bertz CT molecular complexity index is 737. The number of aliphatic hydroxyl groups excluding tert-OH is 1. The molecule has 7 N–H and O–H groups in total. The van der Waals surface area contributed by atoms with E-state index in [4.69, 9.17) is 5.73 Å². The maximum absolute atomic E-state index is 12.5. The molecule has 1 rings (SSSR count). The fourth-order valence-corrected chi connectivity index (χ4v) is 2.77. The minimum atomic E-state index is -1.35. The highest BCUT2D eigenvalue weighted by Gasteiger charge is 2.29. The third-order valence-corrected chi connectivity index (χ3v) is 4.82. The summed E-state index contributed by atoms with van der Waals surface area (Å²) in [4.78, 5) is 48.1. The highest BCUT2D eigenvalue weighted by Crippen LogP contribution is 2.04. The molecule has 0 spiro atoms. The first-order chi connectivity index (χ1) is 14.2. The fraction of sp³-hybridized carbons (Fsp3) is 0.444. The van der Waals surface area contributed by atoms with Crippen LogP contribution in [0.3, 0.4) is 0 Å². The third kappa shape index (κ3) is 8.22. The minimum absolute atomic E-state index is 0.0330. The van der Waals surface area contributed by atoms with Crippen molar-refractivity contribution in [3.63, 3.8) is 0 Å². The van der Waals surface area contributed by atoms with Crippen molar-refractivity contribution < 1.29 is 29.4 Å². The van der Waals surface area contributed by atoms with Gasteiger partial charge in [-0.1, -0.05) is 30.3 Å². The van der Waals surface area contributed by atoms with E-state index < -0.39 is 54.5 Å². The average Bonchev–Trinajstić information content (AvgIpc) is 2.74. The van der Waals surface area contributed by atoms with E-state index in [9.17, 15) is 29.4 Å². The number of benzene rings is 1. The van der Waals surface area contributed by atoms with Crippen LogP contribution in [0.25, 0.3) is 0 Å². The number of thiol groups is 2. The topological polar surface area (TPSA) is 171 Å². The second-order valence-corrected chi connectivity index (χ2v) is 7.10. The molecule has 3 amide bonds. The van der Waals surface area contributed by atoms with Gasteiger partial charge in [0.25, 0.3) is 0 Å². The lowest BCUT2D eigenvalue weighted by molar-refractivity contribution is -0.142. The van der Waals surface area contributed by atoms with Gasteiger partial charge in [-0.05, 0) is 5.56 Å². The van der Waals surface area contributed by atoms with E-state index in [1.807, 2.05) is 0 Å². The molecule has 0 aromatic heterocycles. The lowest BCUT2D eigenvalue weighted by atomic mass is 10.1. The Hall–Kier alpha value is -2.28. The SMILES string of the molecule is NC(CS)C(=O)NC(CO)C(=O)NC(CS)C(=O)NC(Cc1ccccc1)C(=O)O. The number of carbonyl (C=O) groups excluding carboxylic acids is 3. The number of carboxylic acid groups (broad SMARTS) is 1. The predicted molar refractivity (Wildman–Crippen MR) is 116 cm³/mol. The third-order valence-electron chi connectivity index (χ3n) is 4.06. The van der Waals surface area contributed by atoms with Crippen molar-refractivity contribution in [3.05, 3.63) is 35.9 Å². The highest BCUT2D eigenvalue weighted by molar-refractivity contribution is 7.80. The first kappa shape index (κ1) is 25.8. The average molecular weight is 459 g/mol. The number of rotatable bonds is 12. The van der Waals surface area contributed by atoms with Crippen LogP contribution in [0.5, 0.6) is 0 Å². The van der Waals surface area contributed by atoms with E-state index in [1.165, 1.54) is 0 Å². The smallest absolute Gasteiger partial charge is 0.326 e. The second-order valence-electron chi connectivity index (χ2n) is 6.37. The van der Waals surface area contributed by atoms with Crippen LogP contribution in [0, 0.1) is 0 Å². The summed E-state index contributed by atoms with van der Waals surface area (Å²) in [7, 11) is 0. The van der Waals surface area contributed by atoms with Gasteiger partial charge >= 0.3 is 5.97 Å². The summed E-state index contributed by atoms with van der Waals surface area (Å²) in [5.74, 6) is -3.65. The van der Waals surface area contributed by atoms with Gasteiger partial charge in [0.15, 0.2) is 0 Å². The maximum Gasteiger partial charge on any atom is 0.326 e. The van der Waals surface area contributed by atoms with E-state index in [0.29, 0.717) is 5.56 Å². The van der Waals surface area contributed by atoms with Gasteiger partial charge in [0, 0.05) is 17.9 Å². The number of nitrogens with two attached hydrogens (primary N) is 1. The number of hydrogen-bond donors (Lipinski definition) is 8. The summed E-state index contributed by atoms with van der Waals surface area (Å²) in [5, 5.41) is 25.7. The van der Waals surface area contributed by atoms with Crippen molar-refractivity contribution in [1.82, 2.24) is 16.0 Å². The molecule has 0 radical (unpaired) electrons. The van der Waals surface area contributed by atoms with Crippen LogP contribution in [0.4, 0.5) is 0 Å². The number of aliphatic hydroxyl groups is 1. The van der Waals surface area contributed by atoms with Gasteiger partial charge in [0.2, 0.25) is 17.7 Å². The van der Waals surface area contributed by atoms with Crippen LogP contribution in [-0.4, -0.2) is 76.2 Å². The van der Waals surface area contributed by atoms with Gasteiger partial charge in [-0.25, -0.2) is 4.79 Å². The molecule has 12 heteroatoms. The molecule has 0 bridgehead atoms. The van der Waals surface area contributed by atoms with Gasteiger partial charge in [0.05, 0.1) is 12.6 Å². The summed E-state index contributed by atoms with van der Waals surface area (Å²) in [5.41, 5.74) is 6.22. The predicted octanol–water partition coefficient (Wildman–Crippen LogP) is -2.05. The van der Waals surface area contributed by atoms with Gasteiger partial charge in [-0.3, -0.25) is 14.4 Å². The molecule has 0 saturated carbocycles. The molecule has 166 valence electrons. The molecule has 30 heavy (non-hydrogen) atoms. The molecule has 10 nitrogen and oxygen atoms in total. The molecule has 0 heterocycles. The van der Waals surface area contributed by atoms with Gasteiger partial charge in [-0.15, -0.1) is 0 Å². The molecule has 0 aliphatic heterocycles. The van der Waals surface area contributed by atoms with Crippen molar-refractivity contribution in [2.45, 2.75) is 30.6 Å². The zero-order valence-corrected chi connectivity index (χ0v) is 17.8. The monoisotopic (exact) mass is 458 g/mol. The Balaban J connectivity index is 2.76. The zero-order valence-electron chi connectivity index (χ0n) is 16.0. The van der Waals surface area contributed by atoms with Crippen LogP contribution in [0.2, 0.25) is 0 Å². The summed E-state index contributed by atoms with van der Waals surface area (Å²) >= 11 is 7.90. The van der Waals surface area contributed by atoms with E-state index in [1.54, 1.807) is 30.3 Å². The molecule has 0 aliphatic rings. The molecule has 1 aromatic rings. The summed E-state index contributed by atoms with van der Waals surface area (Å²) < 4.78 is 0. The summed E-state index contributed by atoms with van der Waals surface area (Å²) in [6.45, 7) is -0.733. The van der Waals surface area contributed by atoms with Crippen molar-refractivity contribution in [2.75, 3.05) is 18.1 Å². The van der Waals surface area contributed by atoms with Gasteiger partial charge in [0.1, 0.15) is 18.1 Å². The molecule has 4 unspecified atom stereocenters. The minimum Gasteiger partial charge on any atom is -0.480 e. The molecule has 0 aliphatic carbocycles. The van der Waals surface area contributed by atoms with Crippen LogP contribution >= 0.6 is 25.3 Å². The Morgan fingerprint density at radius 3 is 1.90 bits per heavy atom. The summed E-state index contributed by atoms with van der Waals surface area (Å²) in [6, 6.07) is 3.99. The number of aliphatic carboxylic acids is 1. The van der Waals surface area contributed by atoms with E-state index in [2.05, 4.69) is 41.2 Å². The van der Waals surface area contributed by atoms with Crippen molar-refractivity contribution in [2.24, 2.45) is 5.73 Å². The Morgan fingerprint density at radius 2 is 1.40 bits per heavy atom. The Morgan fingerprint density at radius 1 is 0.867 bits per heavy atom. The number of carbonyl (C=O) groups is 4. The highest BCUT2D eigenvalue weighted by atomic mass is 32.1. The Labute approximate surface area is 184 Å². The largest absolute Gasteiger partial charge is 0.480 e.